The van der Waals surface area contributed by atoms with Crippen LogP contribution in [0.2, 0.25) is 0 Å². The normalized spacial score (nSPS) is 36.7. The summed E-state index contributed by atoms with van der Waals surface area (Å²) in [6.07, 6.45) is 9.91. The van der Waals surface area contributed by atoms with E-state index < -0.39 is 0 Å². The maximum Gasteiger partial charge on any atom is 0.0195 e. The highest BCUT2D eigenvalue weighted by Crippen LogP contribution is 2.26. The Hall–Kier alpha value is -0.0800. The molecule has 3 atom stereocenters. The van der Waals surface area contributed by atoms with Crippen LogP contribution in [0.25, 0.3) is 0 Å². The molecule has 0 aromatic heterocycles. The molecule has 1 N–H and O–H groups in total. The third-order valence-electron chi connectivity index (χ3n) is 4.67. The molecule has 0 aromatic rings. The topological polar surface area (TPSA) is 15.3 Å². The molecule has 1 saturated carbocycles. The van der Waals surface area contributed by atoms with Gasteiger partial charge < -0.3 is 5.32 Å². The SMILES string of the molecule is CCCC1CN(C2CCCC(C)CC2)CCN1. The molecule has 100 valence electrons. The van der Waals surface area contributed by atoms with E-state index in [0.29, 0.717) is 0 Å². The van der Waals surface area contributed by atoms with Crippen molar-refractivity contribution in [3.05, 3.63) is 0 Å². The van der Waals surface area contributed by atoms with Crippen LogP contribution in [0.4, 0.5) is 0 Å². The fourth-order valence-electron chi connectivity index (χ4n) is 3.56. The van der Waals surface area contributed by atoms with Gasteiger partial charge in [0.25, 0.3) is 0 Å². The molecule has 2 fully saturated rings. The lowest BCUT2D eigenvalue weighted by atomic mass is 10.0. The van der Waals surface area contributed by atoms with E-state index >= 15 is 0 Å². The van der Waals surface area contributed by atoms with Gasteiger partial charge in [0.1, 0.15) is 0 Å². The second kappa shape index (κ2) is 6.75. The first-order chi connectivity index (χ1) is 8.29. The molecule has 2 nitrogen and oxygen atoms in total. The number of piperazine rings is 1. The van der Waals surface area contributed by atoms with Crippen molar-refractivity contribution in [2.75, 3.05) is 19.6 Å². The molecule has 3 unspecified atom stereocenters. The van der Waals surface area contributed by atoms with Gasteiger partial charge in [-0.1, -0.05) is 33.1 Å². The van der Waals surface area contributed by atoms with Crippen molar-refractivity contribution in [3.8, 4) is 0 Å². The highest BCUT2D eigenvalue weighted by atomic mass is 15.2. The molecular formula is C15H30N2. The molecule has 17 heavy (non-hydrogen) atoms. The average Bonchev–Trinajstić information content (AvgIpc) is 2.55. The van der Waals surface area contributed by atoms with E-state index in [9.17, 15) is 0 Å². The number of nitrogens with one attached hydrogen (secondary N) is 1. The highest BCUT2D eigenvalue weighted by molar-refractivity contribution is 4.84. The molecule has 0 aromatic carbocycles. The first-order valence-corrected chi connectivity index (χ1v) is 7.77. The van der Waals surface area contributed by atoms with Crippen LogP contribution in [0, 0.1) is 5.92 Å². The summed E-state index contributed by atoms with van der Waals surface area (Å²) in [6, 6.07) is 1.65. The third-order valence-corrected chi connectivity index (χ3v) is 4.67. The van der Waals surface area contributed by atoms with E-state index in [4.69, 9.17) is 0 Å². The average molecular weight is 238 g/mol. The van der Waals surface area contributed by atoms with Crippen molar-refractivity contribution in [2.24, 2.45) is 5.92 Å². The standard InChI is InChI=1S/C15H30N2/c1-3-5-14-12-17(11-10-16-14)15-7-4-6-13(2)8-9-15/h13-16H,3-12H2,1-2H3. The van der Waals surface area contributed by atoms with Gasteiger partial charge in [0.2, 0.25) is 0 Å². The summed E-state index contributed by atoms with van der Waals surface area (Å²) >= 11 is 0. The molecule has 1 aliphatic heterocycles. The zero-order valence-corrected chi connectivity index (χ0v) is 11.8. The number of rotatable bonds is 3. The van der Waals surface area contributed by atoms with Crippen LogP contribution in [0.5, 0.6) is 0 Å². The van der Waals surface area contributed by atoms with E-state index in [0.717, 1.165) is 18.0 Å². The molecule has 0 amide bonds. The minimum atomic E-state index is 0.759. The van der Waals surface area contributed by atoms with Crippen LogP contribution in [-0.4, -0.2) is 36.6 Å². The second-order valence-electron chi connectivity index (χ2n) is 6.20. The van der Waals surface area contributed by atoms with Crippen LogP contribution < -0.4 is 5.32 Å². The van der Waals surface area contributed by atoms with E-state index in [2.05, 4.69) is 24.1 Å². The second-order valence-corrected chi connectivity index (χ2v) is 6.20. The third kappa shape index (κ3) is 3.96. The summed E-state index contributed by atoms with van der Waals surface area (Å²) in [4.78, 5) is 2.79. The van der Waals surface area contributed by atoms with Crippen molar-refractivity contribution in [1.82, 2.24) is 10.2 Å². The van der Waals surface area contributed by atoms with Crippen LogP contribution >= 0.6 is 0 Å². The van der Waals surface area contributed by atoms with E-state index in [1.165, 1.54) is 64.6 Å². The van der Waals surface area contributed by atoms with Gasteiger partial charge in [-0.05, 0) is 31.6 Å². The lowest BCUT2D eigenvalue weighted by Gasteiger charge is -2.38. The molecule has 0 spiro atoms. The molecule has 2 aliphatic rings. The lowest BCUT2D eigenvalue weighted by Crippen LogP contribution is -2.53. The molecule has 1 saturated heterocycles. The first kappa shape index (κ1) is 13.4. The van der Waals surface area contributed by atoms with Gasteiger partial charge >= 0.3 is 0 Å². The Morgan fingerprint density at radius 1 is 1.18 bits per heavy atom. The molecule has 1 aliphatic carbocycles. The van der Waals surface area contributed by atoms with Gasteiger partial charge in [-0.3, -0.25) is 4.90 Å². The molecular weight excluding hydrogens is 208 g/mol. The summed E-state index contributed by atoms with van der Waals surface area (Å²) in [6.45, 7) is 8.51. The Morgan fingerprint density at radius 2 is 2.06 bits per heavy atom. The van der Waals surface area contributed by atoms with E-state index in [1.54, 1.807) is 0 Å². The first-order valence-electron chi connectivity index (χ1n) is 7.77. The van der Waals surface area contributed by atoms with Gasteiger partial charge in [-0.2, -0.15) is 0 Å². The predicted octanol–water partition coefficient (Wildman–Crippen LogP) is 3.03. The summed E-state index contributed by atoms with van der Waals surface area (Å²) in [5.74, 6) is 0.967. The summed E-state index contributed by atoms with van der Waals surface area (Å²) in [7, 11) is 0. The Balaban J connectivity index is 1.83. The van der Waals surface area contributed by atoms with E-state index in [1.807, 2.05) is 0 Å². The maximum absolute atomic E-state index is 3.67. The highest BCUT2D eigenvalue weighted by Gasteiger charge is 2.26. The van der Waals surface area contributed by atoms with Crippen molar-refractivity contribution in [3.63, 3.8) is 0 Å². The minimum absolute atomic E-state index is 0.759. The van der Waals surface area contributed by atoms with Gasteiger partial charge in [-0.25, -0.2) is 0 Å². The molecule has 2 heteroatoms. The summed E-state index contributed by atoms with van der Waals surface area (Å²) in [5, 5.41) is 3.67. The Bertz CT molecular complexity index is 215. The van der Waals surface area contributed by atoms with Gasteiger partial charge in [0.05, 0.1) is 0 Å². The zero-order valence-electron chi connectivity index (χ0n) is 11.8. The number of hydrogen-bond donors (Lipinski definition) is 1. The molecule has 0 radical (unpaired) electrons. The van der Waals surface area contributed by atoms with Crippen molar-refractivity contribution >= 4 is 0 Å². The fourth-order valence-corrected chi connectivity index (χ4v) is 3.56. The van der Waals surface area contributed by atoms with Crippen LogP contribution in [0.15, 0.2) is 0 Å². The van der Waals surface area contributed by atoms with Crippen LogP contribution in [-0.2, 0) is 0 Å². The molecule has 0 bridgehead atoms. The fraction of sp³-hybridized carbons (Fsp3) is 1.00. The smallest absolute Gasteiger partial charge is 0.0195 e. The van der Waals surface area contributed by atoms with Crippen molar-refractivity contribution in [1.29, 1.82) is 0 Å². The molecule has 2 rings (SSSR count). The van der Waals surface area contributed by atoms with Crippen LogP contribution in [0.1, 0.15) is 58.8 Å². The zero-order chi connectivity index (χ0) is 12.1. The monoisotopic (exact) mass is 238 g/mol. The van der Waals surface area contributed by atoms with Gasteiger partial charge in [0.15, 0.2) is 0 Å². The van der Waals surface area contributed by atoms with Gasteiger partial charge in [-0.15, -0.1) is 0 Å². The van der Waals surface area contributed by atoms with Crippen molar-refractivity contribution < 1.29 is 0 Å². The number of hydrogen-bond acceptors (Lipinski definition) is 2. The Morgan fingerprint density at radius 3 is 2.88 bits per heavy atom. The van der Waals surface area contributed by atoms with Gasteiger partial charge in [0, 0.05) is 31.7 Å². The lowest BCUT2D eigenvalue weighted by molar-refractivity contribution is 0.127. The number of nitrogens with zero attached hydrogens (tertiary/aromatic N) is 1. The molecule has 1 heterocycles. The Kier molecular flexibility index (Phi) is 5.30. The minimum Gasteiger partial charge on any atom is -0.311 e. The predicted molar refractivity (Wildman–Crippen MR) is 74.3 cm³/mol. The summed E-state index contributed by atoms with van der Waals surface area (Å²) in [5.41, 5.74) is 0. The Labute approximate surface area is 107 Å². The largest absolute Gasteiger partial charge is 0.311 e. The maximum atomic E-state index is 3.67. The van der Waals surface area contributed by atoms with Crippen molar-refractivity contribution in [2.45, 2.75) is 70.9 Å². The van der Waals surface area contributed by atoms with Crippen LogP contribution in [0.3, 0.4) is 0 Å². The summed E-state index contributed by atoms with van der Waals surface area (Å²) < 4.78 is 0. The quantitative estimate of drug-likeness (QED) is 0.760. The van der Waals surface area contributed by atoms with E-state index in [-0.39, 0.29) is 0 Å².